The summed E-state index contributed by atoms with van der Waals surface area (Å²) in [6, 6.07) is 7.40. The van der Waals surface area contributed by atoms with Crippen molar-refractivity contribution >= 4 is 16.9 Å². The van der Waals surface area contributed by atoms with Gasteiger partial charge in [-0.1, -0.05) is 23.8 Å². The van der Waals surface area contributed by atoms with Gasteiger partial charge >= 0.3 is 0 Å². The van der Waals surface area contributed by atoms with Crippen LogP contribution in [0.3, 0.4) is 0 Å². The molecule has 5 heteroatoms. The van der Waals surface area contributed by atoms with Crippen LogP contribution in [0.2, 0.25) is 0 Å². The molecule has 0 saturated carbocycles. The van der Waals surface area contributed by atoms with E-state index in [2.05, 4.69) is 16.4 Å². The molecule has 1 heterocycles. The average Bonchev–Trinajstić information content (AvgIpc) is 2.60. The zero-order valence-electron chi connectivity index (χ0n) is 14.0. The highest BCUT2D eigenvalue weighted by atomic mass is 16.2. The Kier molecular flexibility index (Phi) is 5.08. The fourth-order valence-corrected chi connectivity index (χ4v) is 3.17. The Labute approximate surface area is 141 Å². The molecule has 2 aromatic rings. The molecule has 0 saturated heterocycles. The third-order valence-corrected chi connectivity index (χ3v) is 4.47. The third kappa shape index (κ3) is 3.72. The molecular weight excluding hydrogens is 302 g/mol. The first kappa shape index (κ1) is 16.4. The minimum atomic E-state index is -0.209. The van der Waals surface area contributed by atoms with Crippen LogP contribution in [0, 0.1) is 6.92 Å². The highest BCUT2D eigenvalue weighted by molar-refractivity contribution is 5.80. The molecule has 0 atom stereocenters. The van der Waals surface area contributed by atoms with Gasteiger partial charge in [-0.2, -0.15) is 0 Å². The Balaban J connectivity index is 1.68. The Morgan fingerprint density at radius 2 is 2.12 bits per heavy atom. The molecule has 0 aliphatic heterocycles. The van der Waals surface area contributed by atoms with Crippen LogP contribution in [0.5, 0.6) is 0 Å². The second-order valence-electron chi connectivity index (χ2n) is 6.29. The summed E-state index contributed by atoms with van der Waals surface area (Å²) < 4.78 is 1.51. The number of amides is 1. The number of hydrogen-bond donors (Lipinski definition) is 1. The largest absolute Gasteiger partial charge is 0.354 e. The summed E-state index contributed by atoms with van der Waals surface area (Å²) >= 11 is 0. The van der Waals surface area contributed by atoms with Crippen LogP contribution in [0.25, 0.3) is 11.0 Å². The summed E-state index contributed by atoms with van der Waals surface area (Å²) in [5.41, 5.74) is 3.06. The highest BCUT2D eigenvalue weighted by Gasteiger charge is 2.11. The molecule has 1 aliphatic carbocycles. The van der Waals surface area contributed by atoms with Gasteiger partial charge in [0.1, 0.15) is 12.2 Å². The number of nitrogens with zero attached hydrogens (tertiary/aromatic N) is 2. The molecule has 3 rings (SSSR count). The number of rotatable bonds is 5. The van der Waals surface area contributed by atoms with Crippen LogP contribution in [-0.2, 0) is 11.3 Å². The maximum absolute atomic E-state index is 12.4. The predicted molar refractivity (Wildman–Crippen MR) is 94.9 cm³/mol. The van der Waals surface area contributed by atoms with Gasteiger partial charge in [0.2, 0.25) is 5.91 Å². The fourth-order valence-electron chi connectivity index (χ4n) is 3.17. The Bertz CT molecular complexity index is 836. The Morgan fingerprint density at radius 3 is 2.92 bits per heavy atom. The number of allylic oxidation sites excluding steroid dienone is 1. The van der Waals surface area contributed by atoms with Gasteiger partial charge in [0.05, 0.1) is 11.0 Å². The van der Waals surface area contributed by atoms with Crippen molar-refractivity contribution in [3.63, 3.8) is 0 Å². The molecule has 0 spiro atoms. The minimum Gasteiger partial charge on any atom is -0.354 e. The maximum Gasteiger partial charge on any atom is 0.272 e. The lowest BCUT2D eigenvalue weighted by atomic mass is 9.97. The van der Waals surface area contributed by atoms with Gasteiger partial charge in [-0.25, -0.2) is 4.98 Å². The van der Waals surface area contributed by atoms with E-state index in [4.69, 9.17) is 0 Å². The summed E-state index contributed by atoms with van der Waals surface area (Å²) in [7, 11) is 0. The number of aryl methyl sites for hydroxylation is 1. The molecule has 126 valence electrons. The smallest absolute Gasteiger partial charge is 0.272 e. The topological polar surface area (TPSA) is 64.0 Å². The highest BCUT2D eigenvalue weighted by Crippen LogP contribution is 2.19. The van der Waals surface area contributed by atoms with E-state index in [1.165, 1.54) is 23.0 Å². The van der Waals surface area contributed by atoms with Crippen molar-refractivity contribution in [2.24, 2.45) is 0 Å². The first-order valence-corrected chi connectivity index (χ1v) is 8.56. The number of nitrogens with one attached hydrogen (secondary N) is 1. The van der Waals surface area contributed by atoms with E-state index >= 15 is 0 Å². The van der Waals surface area contributed by atoms with Crippen molar-refractivity contribution < 1.29 is 4.79 Å². The van der Waals surface area contributed by atoms with Gasteiger partial charge in [0.25, 0.3) is 5.56 Å². The van der Waals surface area contributed by atoms with Gasteiger partial charge in [-0.3, -0.25) is 14.2 Å². The second-order valence-corrected chi connectivity index (χ2v) is 6.29. The van der Waals surface area contributed by atoms with E-state index in [9.17, 15) is 9.59 Å². The molecule has 0 fully saturated rings. The summed E-state index contributed by atoms with van der Waals surface area (Å²) in [5, 5.41) is 2.93. The first-order valence-electron chi connectivity index (χ1n) is 8.56. The monoisotopic (exact) mass is 325 g/mol. The lowest BCUT2D eigenvalue weighted by molar-refractivity contribution is -0.121. The average molecular weight is 325 g/mol. The normalized spacial score (nSPS) is 14.5. The lowest BCUT2D eigenvalue weighted by Crippen LogP contribution is -2.34. The number of para-hydroxylation sites is 2. The molecule has 1 aromatic heterocycles. The molecule has 0 radical (unpaired) electrons. The van der Waals surface area contributed by atoms with Crippen LogP contribution in [0.4, 0.5) is 0 Å². The van der Waals surface area contributed by atoms with Crippen LogP contribution < -0.4 is 10.9 Å². The lowest BCUT2D eigenvalue weighted by Gasteiger charge is -2.14. The van der Waals surface area contributed by atoms with Gasteiger partial charge < -0.3 is 5.32 Å². The van der Waals surface area contributed by atoms with Crippen LogP contribution >= 0.6 is 0 Å². The molecule has 5 nitrogen and oxygen atoms in total. The summed E-state index contributed by atoms with van der Waals surface area (Å²) in [6.07, 6.45) is 8.01. The molecule has 0 bridgehead atoms. The van der Waals surface area contributed by atoms with Crippen molar-refractivity contribution in [1.29, 1.82) is 0 Å². The minimum absolute atomic E-state index is 0.0295. The van der Waals surface area contributed by atoms with E-state index in [1.54, 1.807) is 6.92 Å². The zero-order valence-corrected chi connectivity index (χ0v) is 14.0. The molecule has 1 amide bonds. The first-order chi connectivity index (χ1) is 11.6. The molecule has 1 aromatic carbocycles. The summed E-state index contributed by atoms with van der Waals surface area (Å²) in [5.74, 6) is -0.135. The van der Waals surface area contributed by atoms with Gasteiger partial charge in [0, 0.05) is 6.54 Å². The zero-order chi connectivity index (χ0) is 16.9. The van der Waals surface area contributed by atoms with Crippen molar-refractivity contribution in [3.8, 4) is 0 Å². The fraction of sp³-hybridized carbons (Fsp3) is 0.421. The third-order valence-electron chi connectivity index (χ3n) is 4.47. The van der Waals surface area contributed by atoms with Crippen molar-refractivity contribution in [1.82, 2.24) is 14.9 Å². The number of fused-ring (bicyclic) bond motifs is 1. The Morgan fingerprint density at radius 1 is 1.29 bits per heavy atom. The second kappa shape index (κ2) is 7.43. The number of benzene rings is 1. The van der Waals surface area contributed by atoms with Gasteiger partial charge in [-0.15, -0.1) is 0 Å². The summed E-state index contributed by atoms with van der Waals surface area (Å²) in [4.78, 5) is 28.9. The molecule has 1 N–H and O–H groups in total. The van der Waals surface area contributed by atoms with E-state index in [0.29, 0.717) is 17.8 Å². The SMILES string of the molecule is Cc1nc2ccccc2n(CC(=O)NCCC2=CCCCC2)c1=O. The number of carbonyl (C=O) groups is 1. The quantitative estimate of drug-likeness (QED) is 0.860. The maximum atomic E-state index is 12.4. The van der Waals surface area contributed by atoms with E-state index in [-0.39, 0.29) is 18.0 Å². The van der Waals surface area contributed by atoms with Crippen LogP contribution in [0.15, 0.2) is 40.7 Å². The van der Waals surface area contributed by atoms with E-state index < -0.39 is 0 Å². The van der Waals surface area contributed by atoms with E-state index in [0.717, 1.165) is 24.8 Å². The standard InChI is InChI=1S/C19H23N3O2/c1-14-19(24)22(17-10-6-5-9-16(17)21-14)13-18(23)20-12-11-15-7-3-2-4-8-15/h5-7,9-10H,2-4,8,11-13H2,1H3,(H,20,23). The Hall–Kier alpha value is -2.43. The molecule has 1 aliphatic rings. The molecular formula is C19H23N3O2. The van der Waals surface area contributed by atoms with E-state index in [1.807, 2.05) is 24.3 Å². The molecule has 0 unspecified atom stereocenters. The van der Waals surface area contributed by atoms with Crippen LogP contribution in [-0.4, -0.2) is 22.0 Å². The van der Waals surface area contributed by atoms with Crippen molar-refractivity contribution in [2.45, 2.75) is 45.6 Å². The van der Waals surface area contributed by atoms with Crippen molar-refractivity contribution in [2.75, 3.05) is 6.54 Å². The number of carbonyl (C=O) groups excluding carboxylic acids is 1. The van der Waals surface area contributed by atoms with Crippen molar-refractivity contribution in [3.05, 3.63) is 52.0 Å². The molecule has 24 heavy (non-hydrogen) atoms. The number of hydrogen-bond acceptors (Lipinski definition) is 3. The predicted octanol–water partition coefficient (Wildman–Crippen LogP) is 2.71. The van der Waals surface area contributed by atoms with Gasteiger partial charge in [-0.05, 0) is 51.2 Å². The van der Waals surface area contributed by atoms with Crippen LogP contribution in [0.1, 0.15) is 37.8 Å². The summed E-state index contributed by atoms with van der Waals surface area (Å²) in [6.45, 7) is 2.34. The van der Waals surface area contributed by atoms with Gasteiger partial charge in [0.15, 0.2) is 0 Å². The number of aromatic nitrogens is 2.